The monoisotopic (exact) mass is 365 g/mol. The van der Waals surface area contributed by atoms with Crippen LogP contribution in [-0.4, -0.2) is 20.7 Å². The van der Waals surface area contributed by atoms with Crippen molar-refractivity contribution in [2.45, 2.75) is 49.8 Å². The van der Waals surface area contributed by atoms with Gasteiger partial charge in [-0.2, -0.15) is 9.78 Å². The number of carbonyl (C=O) groups is 1. The third-order valence-electron chi connectivity index (χ3n) is 4.27. The van der Waals surface area contributed by atoms with E-state index in [9.17, 15) is 4.79 Å². The first kappa shape index (κ1) is 18.4. The van der Waals surface area contributed by atoms with Crippen LogP contribution in [-0.2, 0) is 5.41 Å². The van der Waals surface area contributed by atoms with Crippen LogP contribution in [0, 0.1) is 13.8 Å². The SMILES string of the molecule is Cc1nn(C(=O)c2cccnc2)c(C)c1Sc1ccc(C(C)(C)C)cc1. The van der Waals surface area contributed by atoms with Crippen molar-refractivity contribution in [3.63, 3.8) is 0 Å². The van der Waals surface area contributed by atoms with Crippen molar-refractivity contribution in [1.29, 1.82) is 0 Å². The number of hydrogen-bond acceptors (Lipinski definition) is 4. The maximum atomic E-state index is 12.7. The number of hydrogen-bond donors (Lipinski definition) is 0. The van der Waals surface area contributed by atoms with E-state index in [0.29, 0.717) is 5.56 Å². The first-order valence-corrected chi connectivity index (χ1v) is 9.38. The molecule has 2 aromatic heterocycles. The summed E-state index contributed by atoms with van der Waals surface area (Å²) in [6.45, 7) is 10.5. The van der Waals surface area contributed by atoms with E-state index in [1.807, 2.05) is 13.8 Å². The summed E-state index contributed by atoms with van der Waals surface area (Å²) in [6, 6.07) is 12.1. The molecule has 0 bridgehead atoms. The van der Waals surface area contributed by atoms with Gasteiger partial charge in [0, 0.05) is 17.3 Å². The zero-order valence-electron chi connectivity index (χ0n) is 15.8. The smallest absolute Gasteiger partial charge is 0.267 e. The van der Waals surface area contributed by atoms with Crippen molar-refractivity contribution in [2.24, 2.45) is 0 Å². The summed E-state index contributed by atoms with van der Waals surface area (Å²) < 4.78 is 1.47. The van der Waals surface area contributed by atoms with E-state index < -0.39 is 0 Å². The molecule has 0 amide bonds. The minimum atomic E-state index is -0.159. The van der Waals surface area contributed by atoms with Gasteiger partial charge >= 0.3 is 0 Å². The third-order valence-corrected chi connectivity index (χ3v) is 5.57. The van der Waals surface area contributed by atoms with Crippen LogP contribution in [0.4, 0.5) is 0 Å². The molecule has 0 fully saturated rings. The summed E-state index contributed by atoms with van der Waals surface area (Å²) in [5.41, 5.74) is 3.67. The van der Waals surface area contributed by atoms with Gasteiger partial charge in [-0.3, -0.25) is 9.78 Å². The van der Waals surface area contributed by atoms with E-state index >= 15 is 0 Å². The summed E-state index contributed by atoms with van der Waals surface area (Å²) in [4.78, 5) is 18.9. The molecule has 0 spiro atoms. The topological polar surface area (TPSA) is 47.8 Å². The molecule has 0 saturated heterocycles. The van der Waals surface area contributed by atoms with Gasteiger partial charge in [0.05, 0.1) is 21.8 Å². The van der Waals surface area contributed by atoms with E-state index in [-0.39, 0.29) is 11.3 Å². The normalized spacial score (nSPS) is 11.6. The lowest BCUT2D eigenvalue weighted by molar-refractivity contribution is 0.0941. The average molecular weight is 366 g/mol. The molecule has 3 rings (SSSR count). The number of aromatic nitrogens is 3. The van der Waals surface area contributed by atoms with Gasteiger partial charge in [-0.1, -0.05) is 44.7 Å². The lowest BCUT2D eigenvalue weighted by atomic mass is 9.87. The molecule has 0 N–H and O–H groups in total. The second kappa shape index (κ2) is 7.08. The molecule has 3 aromatic rings. The summed E-state index contributed by atoms with van der Waals surface area (Å²) in [7, 11) is 0. The van der Waals surface area contributed by atoms with Gasteiger partial charge in [-0.05, 0) is 49.1 Å². The number of aryl methyl sites for hydroxylation is 1. The molecular formula is C21H23N3OS. The Morgan fingerprint density at radius 1 is 1.08 bits per heavy atom. The number of pyridine rings is 1. The summed E-state index contributed by atoms with van der Waals surface area (Å²) in [5.74, 6) is -0.159. The third kappa shape index (κ3) is 3.73. The highest BCUT2D eigenvalue weighted by molar-refractivity contribution is 7.99. The van der Waals surface area contributed by atoms with Crippen molar-refractivity contribution in [3.05, 3.63) is 71.3 Å². The molecule has 26 heavy (non-hydrogen) atoms. The lowest BCUT2D eigenvalue weighted by Crippen LogP contribution is -2.15. The Kier molecular flexibility index (Phi) is 5.01. The fraction of sp³-hybridized carbons (Fsp3) is 0.286. The zero-order valence-corrected chi connectivity index (χ0v) is 16.6. The van der Waals surface area contributed by atoms with Gasteiger partial charge in [0.15, 0.2) is 0 Å². The molecule has 5 heteroatoms. The van der Waals surface area contributed by atoms with E-state index in [1.165, 1.54) is 10.2 Å². The van der Waals surface area contributed by atoms with E-state index in [2.05, 4.69) is 55.1 Å². The van der Waals surface area contributed by atoms with Gasteiger partial charge in [0.2, 0.25) is 0 Å². The minimum absolute atomic E-state index is 0.135. The summed E-state index contributed by atoms with van der Waals surface area (Å²) >= 11 is 1.64. The predicted octanol–water partition coefficient (Wildman–Crippen LogP) is 5.03. The highest BCUT2D eigenvalue weighted by Crippen LogP contribution is 2.34. The summed E-state index contributed by atoms with van der Waals surface area (Å²) in [6.07, 6.45) is 3.22. The molecule has 1 aromatic carbocycles. The maximum Gasteiger partial charge on any atom is 0.279 e. The van der Waals surface area contributed by atoms with Gasteiger partial charge in [0.25, 0.3) is 5.91 Å². The number of benzene rings is 1. The van der Waals surface area contributed by atoms with Crippen LogP contribution in [0.1, 0.15) is 48.1 Å². The molecule has 2 heterocycles. The number of nitrogens with zero attached hydrogens (tertiary/aromatic N) is 3. The quantitative estimate of drug-likeness (QED) is 0.653. The number of rotatable bonds is 3. The van der Waals surface area contributed by atoms with Crippen molar-refractivity contribution in [2.75, 3.05) is 0 Å². The lowest BCUT2D eigenvalue weighted by Gasteiger charge is -2.19. The van der Waals surface area contributed by atoms with E-state index in [0.717, 1.165) is 21.2 Å². The van der Waals surface area contributed by atoms with Gasteiger partial charge < -0.3 is 0 Å². The Bertz CT molecular complexity index is 922. The van der Waals surface area contributed by atoms with Crippen LogP contribution < -0.4 is 0 Å². The Balaban J connectivity index is 1.88. The van der Waals surface area contributed by atoms with Crippen molar-refractivity contribution in [1.82, 2.24) is 14.8 Å². The molecule has 0 unspecified atom stereocenters. The highest BCUT2D eigenvalue weighted by Gasteiger charge is 2.19. The molecule has 0 aliphatic carbocycles. The molecule has 0 atom stereocenters. The van der Waals surface area contributed by atoms with Crippen LogP contribution in [0.2, 0.25) is 0 Å². The van der Waals surface area contributed by atoms with Crippen molar-refractivity contribution >= 4 is 17.7 Å². The Morgan fingerprint density at radius 3 is 2.35 bits per heavy atom. The molecule has 134 valence electrons. The first-order chi connectivity index (χ1) is 12.3. The fourth-order valence-corrected chi connectivity index (χ4v) is 3.66. The second-order valence-corrected chi connectivity index (χ2v) is 8.42. The van der Waals surface area contributed by atoms with Crippen molar-refractivity contribution < 1.29 is 4.79 Å². The molecule has 0 aliphatic heterocycles. The van der Waals surface area contributed by atoms with E-state index in [1.54, 1.807) is 36.3 Å². The number of carbonyl (C=O) groups excluding carboxylic acids is 1. The van der Waals surface area contributed by atoms with Crippen LogP contribution >= 0.6 is 11.8 Å². The van der Waals surface area contributed by atoms with Gasteiger partial charge in [-0.15, -0.1) is 0 Å². The standard InChI is InChI=1S/C21H23N3OS/c1-14-19(26-18-10-8-17(9-11-18)21(3,4)5)15(2)24(23-14)20(25)16-7-6-12-22-13-16/h6-13H,1-5H3. The van der Waals surface area contributed by atoms with Crippen LogP contribution in [0.15, 0.2) is 58.6 Å². The minimum Gasteiger partial charge on any atom is -0.267 e. The Morgan fingerprint density at radius 2 is 1.77 bits per heavy atom. The Hall–Kier alpha value is -2.40. The van der Waals surface area contributed by atoms with Gasteiger partial charge in [0.1, 0.15) is 0 Å². The van der Waals surface area contributed by atoms with E-state index in [4.69, 9.17) is 0 Å². The molecule has 0 radical (unpaired) electrons. The summed E-state index contributed by atoms with van der Waals surface area (Å²) in [5, 5.41) is 4.46. The zero-order chi connectivity index (χ0) is 18.9. The average Bonchev–Trinajstić information content (AvgIpc) is 2.90. The highest BCUT2D eigenvalue weighted by atomic mass is 32.2. The van der Waals surface area contributed by atoms with Gasteiger partial charge in [-0.25, -0.2) is 0 Å². The second-order valence-electron chi connectivity index (χ2n) is 7.34. The maximum absolute atomic E-state index is 12.7. The predicted molar refractivity (Wildman–Crippen MR) is 105 cm³/mol. The largest absolute Gasteiger partial charge is 0.279 e. The van der Waals surface area contributed by atoms with Crippen LogP contribution in [0.3, 0.4) is 0 Å². The fourth-order valence-electron chi connectivity index (χ4n) is 2.73. The Labute approximate surface area is 158 Å². The molecule has 0 aliphatic rings. The first-order valence-electron chi connectivity index (χ1n) is 8.56. The molecular weight excluding hydrogens is 342 g/mol. The van der Waals surface area contributed by atoms with Crippen LogP contribution in [0.5, 0.6) is 0 Å². The molecule has 0 saturated carbocycles. The van der Waals surface area contributed by atoms with Crippen LogP contribution in [0.25, 0.3) is 0 Å². The van der Waals surface area contributed by atoms with Crippen molar-refractivity contribution in [3.8, 4) is 0 Å². The molecule has 4 nitrogen and oxygen atoms in total.